The van der Waals surface area contributed by atoms with Crippen LogP contribution in [0.1, 0.15) is 67.1 Å². The summed E-state index contributed by atoms with van der Waals surface area (Å²) in [5.41, 5.74) is -2.70. The quantitative estimate of drug-likeness (QED) is 0.289. The molecular weight excluding hydrogens is 527 g/mol. The van der Waals surface area contributed by atoms with E-state index in [4.69, 9.17) is 0 Å². The Kier molecular flexibility index (Phi) is 8.06. The van der Waals surface area contributed by atoms with Crippen molar-refractivity contribution in [1.29, 1.82) is 0 Å². The minimum atomic E-state index is -4.98. The fraction of sp³-hybridized carbons (Fsp3) is 0.536. The summed E-state index contributed by atoms with van der Waals surface area (Å²) < 4.78 is 93.4. The van der Waals surface area contributed by atoms with E-state index in [-0.39, 0.29) is 41.5 Å². The van der Waals surface area contributed by atoms with Gasteiger partial charge in [0, 0.05) is 18.9 Å². The van der Waals surface area contributed by atoms with Gasteiger partial charge in [0.05, 0.1) is 22.2 Å². The van der Waals surface area contributed by atoms with Gasteiger partial charge >= 0.3 is 12.4 Å². The first-order valence-corrected chi connectivity index (χ1v) is 12.9. The van der Waals surface area contributed by atoms with Crippen LogP contribution in [0.15, 0.2) is 30.3 Å². The van der Waals surface area contributed by atoms with Crippen LogP contribution < -0.4 is 0 Å². The summed E-state index contributed by atoms with van der Waals surface area (Å²) in [5.74, 6) is -0.119. The number of alkyl halides is 6. The molecule has 1 aromatic heterocycles. The lowest BCUT2D eigenvalue weighted by Crippen LogP contribution is -2.45. The Labute approximate surface area is 222 Å². The number of aromatic nitrogens is 2. The van der Waals surface area contributed by atoms with Crippen LogP contribution in [0.5, 0.6) is 0 Å². The van der Waals surface area contributed by atoms with Crippen LogP contribution in [-0.4, -0.2) is 45.7 Å². The first-order valence-electron chi connectivity index (χ1n) is 12.9. The number of imidazole rings is 1. The van der Waals surface area contributed by atoms with E-state index in [2.05, 4.69) is 9.97 Å². The van der Waals surface area contributed by atoms with E-state index >= 15 is 0 Å². The van der Waals surface area contributed by atoms with Gasteiger partial charge in [-0.2, -0.15) is 26.3 Å². The highest BCUT2D eigenvalue weighted by Gasteiger charge is 2.43. The molecule has 0 spiro atoms. The summed E-state index contributed by atoms with van der Waals surface area (Å²) >= 11 is 0. The highest BCUT2D eigenvalue weighted by Crippen LogP contribution is 2.46. The number of aromatic amines is 1. The molecule has 2 aromatic carbocycles. The minimum Gasteiger partial charge on any atom is -0.389 e. The number of aliphatic hydroxyl groups is 1. The molecule has 0 fully saturated rings. The third-order valence-electron chi connectivity index (χ3n) is 7.66. The maximum Gasteiger partial charge on any atom is 0.418 e. The fourth-order valence-electron chi connectivity index (χ4n) is 5.83. The second-order valence-corrected chi connectivity index (χ2v) is 10.9. The number of hydrogen-bond donors (Lipinski definition) is 2. The number of halogens is 7. The van der Waals surface area contributed by atoms with Gasteiger partial charge < -0.3 is 15.0 Å². The molecule has 1 aliphatic rings. The van der Waals surface area contributed by atoms with Gasteiger partial charge in [-0.05, 0) is 80.6 Å². The van der Waals surface area contributed by atoms with E-state index in [9.17, 15) is 35.8 Å². The zero-order valence-corrected chi connectivity index (χ0v) is 22.0. The molecule has 11 heteroatoms. The van der Waals surface area contributed by atoms with Crippen molar-refractivity contribution in [2.75, 3.05) is 20.1 Å². The molecule has 0 unspecified atom stereocenters. The predicted octanol–water partition coefficient (Wildman–Crippen LogP) is 7.11. The van der Waals surface area contributed by atoms with Crippen molar-refractivity contribution in [3.8, 4) is 0 Å². The summed E-state index contributed by atoms with van der Waals surface area (Å²) in [6.45, 7) is 5.17. The molecule has 3 aromatic rings. The number of hydrogen-bond acceptors (Lipinski definition) is 3. The predicted molar refractivity (Wildman–Crippen MR) is 134 cm³/mol. The van der Waals surface area contributed by atoms with Crippen LogP contribution in [-0.2, 0) is 25.2 Å². The first-order chi connectivity index (χ1) is 18.1. The third kappa shape index (κ3) is 6.40. The van der Waals surface area contributed by atoms with Gasteiger partial charge in [0.1, 0.15) is 17.2 Å². The number of H-pyrrole nitrogens is 1. The van der Waals surface area contributed by atoms with Crippen LogP contribution in [0, 0.1) is 11.7 Å². The maximum atomic E-state index is 13.7. The maximum absolute atomic E-state index is 13.7. The Bertz CT molecular complexity index is 1310. The molecule has 1 aliphatic carbocycles. The lowest BCUT2D eigenvalue weighted by Gasteiger charge is -2.44. The largest absolute Gasteiger partial charge is 0.418 e. The van der Waals surface area contributed by atoms with Gasteiger partial charge in [0.25, 0.3) is 0 Å². The SMILES string of the molecule is CC(C)[C@H]1c2ccc(F)cc2CC[C@]1(O)CCN(C)CCCc1nc2c(C(F)(F)F)cc(C(F)(F)F)cc2[nH]1. The Morgan fingerprint density at radius 3 is 2.44 bits per heavy atom. The van der Waals surface area contributed by atoms with Crippen LogP contribution >= 0.6 is 0 Å². The Hall–Kier alpha value is -2.66. The minimum absolute atomic E-state index is 0.0933. The Balaban J connectivity index is 1.39. The summed E-state index contributed by atoms with van der Waals surface area (Å²) in [7, 11) is 1.87. The second-order valence-electron chi connectivity index (χ2n) is 10.9. The lowest BCUT2D eigenvalue weighted by atomic mass is 9.66. The van der Waals surface area contributed by atoms with Gasteiger partial charge in [-0.1, -0.05) is 19.9 Å². The lowest BCUT2D eigenvalue weighted by molar-refractivity contribution is -0.142. The summed E-state index contributed by atoms with van der Waals surface area (Å²) in [5, 5.41) is 11.6. The molecule has 0 saturated carbocycles. The van der Waals surface area contributed by atoms with E-state index in [0.717, 1.165) is 11.1 Å². The van der Waals surface area contributed by atoms with E-state index < -0.39 is 34.6 Å². The van der Waals surface area contributed by atoms with E-state index in [1.165, 1.54) is 12.1 Å². The van der Waals surface area contributed by atoms with Gasteiger partial charge in [0.15, 0.2) is 0 Å². The Morgan fingerprint density at radius 1 is 1.08 bits per heavy atom. The average Bonchev–Trinajstić information content (AvgIpc) is 3.23. The van der Waals surface area contributed by atoms with E-state index in [0.29, 0.717) is 44.8 Å². The van der Waals surface area contributed by atoms with Crippen molar-refractivity contribution < 1.29 is 35.8 Å². The molecule has 4 rings (SSSR count). The smallest absolute Gasteiger partial charge is 0.389 e. The molecule has 0 aliphatic heterocycles. The zero-order valence-electron chi connectivity index (χ0n) is 22.0. The van der Waals surface area contributed by atoms with Crippen molar-refractivity contribution >= 4 is 11.0 Å². The summed E-state index contributed by atoms with van der Waals surface area (Å²) in [6, 6.07) is 5.46. The van der Waals surface area contributed by atoms with Crippen molar-refractivity contribution in [3.05, 3.63) is 64.2 Å². The van der Waals surface area contributed by atoms with Crippen molar-refractivity contribution in [2.45, 2.75) is 69.8 Å². The molecule has 0 radical (unpaired) electrons. The van der Waals surface area contributed by atoms with E-state index in [1.807, 2.05) is 25.8 Å². The second kappa shape index (κ2) is 10.7. The molecule has 0 bridgehead atoms. The highest BCUT2D eigenvalue weighted by atomic mass is 19.4. The monoisotopic (exact) mass is 559 g/mol. The standard InChI is InChI=1S/C28H32F7N3O/c1-16(2)24-20-7-6-19(29)13-17(20)8-9-26(24,39)10-12-38(3)11-4-5-23-36-22-15-18(27(30,31)32)14-21(25(22)37-23)28(33,34)35/h6-7,13-16,24,39H,4-5,8-12H2,1-3H3,(H,36,37)/t24-,26-/m0/s1. The molecule has 2 N–H and O–H groups in total. The van der Waals surface area contributed by atoms with Crippen LogP contribution in [0.3, 0.4) is 0 Å². The number of nitrogens with zero attached hydrogens (tertiary/aromatic N) is 2. The normalized spacial score (nSPS) is 20.3. The number of nitrogens with one attached hydrogen (secondary N) is 1. The molecular formula is C28H32F7N3O. The number of aryl methyl sites for hydroxylation is 2. The molecule has 2 atom stereocenters. The molecule has 39 heavy (non-hydrogen) atoms. The van der Waals surface area contributed by atoms with Crippen LogP contribution in [0.25, 0.3) is 11.0 Å². The molecule has 0 amide bonds. The number of fused-ring (bicyclic) bond motifs is 2. The van der Waals surface area contributed by atoms with Crippen LogP contribution in [0.2, 0.25) is 0 Å². The Morgan fingerprint density at radius 2 is 1.79 bits per heavy atom. The van der Waals surface area contributed by atoms with Crippen molar-refractivity contribution in [2.24, 2.45) is 5.92 Å². The first kappa shape index (κ1) is 29.3. The molecule has 0 saturated heterocycles. The zero-order chi connectivity index (χ0) is 28.8. The summed E-state index contributed by atoms with van der Waals surface area (Å²) in [4.78, 5) is 8.58. The van der Waals surface area contributed by atoms with Crippen molar-refractivity contribution in [1.82, 2.24) is 14.9 Å². The fourth-order valence-corrected chi connectivity index (χ4v) is 5.83. The average molecular weight is 560 g/mol. The molecule has 214 valence electrons. The van der Waals surface area contributed by atoms with Crippen LogP contribution in [0.4, 0.5) is 30.7 Å². The highest BCUT2D eigenvalue weighted by molar-refractivity contribution is 5.80. The summed E-state index contributed by atoms with van der Waals surface area (Å²) in [6.07, 6.45) is -7.57. The molecule has 1 heterocycles. The number of rotatable bonds is 8. The van der Waals surface area contributed by atoms with Crippen molar-refractivity contribution in [3.63, 3.8) is 0 Å². The number of benzene rings is 2. The third-order valence-corrected chi connectivity index (χ3v) is 7.66. The van der Waals surface area contributed by atoms with E-state index in [1.54, 1.807) is 6.07 Å². The van der Waals surface area contributed by atoms with Gasteiger partial charge in [-0.15, -0.1) is 0 Å². The van der Waals surface area contributed by atoms with Gasteiger partial charge in [0.2, 0.25) is 0 Å². The van der Waals surface area contributed by atoms with Gasteiger partial charge in [-0.3, -0.25) is 0 Å². The topological polar surface area (TPSA) is 52.1 Å². The molecule has 4 nitrogen and oxygen atoms in total. The van der Waals surface area contributed by atoms with Gasteiger partial charge in [-0.25, -0.2) is 9.37 Å².